The average molecular weight is 331 g/mol. The molecule has 0 aliphatic carbocycles. The maximum absolute atomic E-state index is 12.1. The van der Waals surface area contributed by atoms with E-state index in [4.69, 9.17) is 0 Å². The second-order valence-electron chi connectivity index (χ2n) is 5.14. The zero-order valence-corrected chi connectivity index (χ0v) is 14.0. The number of carbonyl (C=O) groups is 1. The number of nitrogens with one attached hydrogen (secondary N) is 1. The molecule has 23 heavy (non-hydrogen) atoms. The molecule has 0 saturated heterocycles. The molecule has 8 nitrogen and oxygen atoms in total. The van der Waals surface area contributed by atoms with Crippen molar-refractivity contribution in [1.82, 2.24) is 29.8 Å². The lowest BCUT2D eigenvalue weighted by Gasteiger charge is -2.09. The highest BCUT2D eigenvalue weighted by atomic mass is 32.1. The summed E-state index contributed by atoms with van der Waals surface area (Å²) in [6, 6.07) is 0. The molecule has 0 unspecified atom stereocenters. The third-order valence-corrected chi connectivity index (χ3v) is 4.59. The summed E-state index contributed by atoms with van der Waals surface area (Å²) >= 11 is 1.40. The molecular formula is C14H17N7OS. The van der Waals surface area contributed by atoms with Crippen LogP contribution in [0.2, 0.25) is 0 Å². The van der Waals surface area contributed by atoms with Crippen LogP contribution in [0.15, 0.2) is 6.33 Å². The van der Waals surface area contributed by atoms with Crippen molar-refractivity contribution in [3.8, 4) is 0 Å². The first-order chi connectivity index (χ1) is 11.1. The van der Waals surface area contributed by atoms with Crippen molar-refractivity contribution in [2.75, 3.05) is 5.32 Å². The highest BCUT2D eigenvalue weighted by Crippen LogP contribution is 2.17. The second-order valence-corrected chi connectivity index (χ2v) is 6.20. The summed E-state index contributed by atoms with van der Waals surface area (Å²) in [5, 5.41) is 16.3. The molecule has 0 aliphatic heterocycles. The first-order valence-corrected chi connectivity index (χ1v) is 8.18. The molecule has 1 amide bonds. The SMILES string of the molecule is CCc1nnc(NC(=O)CCc2c(C)nc3ncnn3c2C)s1. The van der Waals surface area contributed by atoms with Gasteiger partial charge in [-0.05, 0) is 32.3 Å². The van der Waals surface area contributed by atoms with Crippen LogP contribution in [0.25, 0.3) is 5.78 Å². The lowest BCUT2D eigenvalue weighted by molar-refractivity contribution is -0.116. The van der Waals surface area contributed by atoms with Crippen LogP contribution in [0.5, 0.6) is 0 Å². The summed E-state index contributed by atoms with van der Waals surface area (Å²) in [6.45, 7) is 5.89. The van der Waals surface area contributed by atoms with Gasteiger partial charge in [0.15, 0.2) is 0 Å². The summed E-state index contributed by atoms with van der Waals surface area (Å²) in [6.07, 6.45) is 3.23. The van der Waals surface area contributed by atoms with E-state index in [1.807, 2.05) is 20.8 Å². The standard InChI is InChI=1S/C14H17N7OS/c1-4-12-19-20-14(23-12)18-11(22)6-5-10-8(2)17-13-15-7-16-21(13)9(10)3/h7H,4-6H2,1-3H3,(H,18,20,22). The molecule has 0 aromatic carbocycles. The predicted octanol–water partition coefficient (Wildman–Crippen LogP) is 1.73. The Labute approximate surface area is 137 Å². The lowest BCUT2D eigenvalue weighted by atomic mass is 10.1. The van der Waals surface area contributed by atoms with E-state index >= 15 is 0 Å². The molecule has 0 spiro atoms. The van der Waals surface area contributed by atoms with Crippen molar-refractivity contribution in [2.45, 2.75) is 40.0 Å². The summed E-state index contributed by atoms with van der Waals surface area (Å²) in [5.41, 5.74) is 2.85. The van der Waals surface area contributed by atoms with E-state index in [0.29, 0.717) is 23.8 Å². The minimum absolute atomic E-state index is 0.0821. The Morgan fingerprint density at radius 1 is 1.35 bits per heavy atom. The molecular weight excluding hydrogens is 314 g/mol. The molecule has 120 valence electrons. The number of aryl methyl sites for hydroxylation is 3. The van der Waals surface area contributed by atoms with Gasteiger partial charge < -0.3 is 5.32 Å². The van der Waals surface area contributed by atoms with Gasteiger partial charge in [-0.15, -0.1) is 10.2 Å². The first kappa shape index (κ1) is 15.5. The van der Waals surface area contributed by atoms with Gasteiger partial charge in [-0.25, -0.2) is 9.50 Å². The van der Waals surface area contributed by atoms with E-state index in [-0.39, 0.29) is 5.91 Å². The van der Waals surface area contributed by atoms with Gasteiger partial charge in [-0.3, -0.25) is 4.79 Å². The van der Waals surface area contributed by atoms with Crippen LogP contribution < -0.4 is 5.32 Å². The Kier molecular flexibility index (Phi) is 4.28. The van der Waals surface area contributed by atoms with Gasteiger partial charge in [0.05, 0.1) is 0 Å². The quantitative estimate of drug-likeness (QED) is 0.764. The molecule has 0 radical (unpaired) electrons. The molecule has 3 aromatic heterocycles. The van der Waals surface area contributed by atoms with Crippen LogP contribution in [0.3, 0.4) is 0 Å². The van der Waals surface area contributed by atoms with Crippen LogP contribution in [0.1, 0.15) is 35.3 Å². The maximum Gasteiger partial charge on any atom is 0.252 e. The van der Waals surface area contributed by atoms with E-state index in [1.165, 1.54) is 17.7 Å². The Bertz CT molecular complexity index is 854. The van der Waals surface area contributed by atoms with Crippen LogP contribution in [-0.2, 0) is 17.6 Å². The second kappa shape index (κ2) is 6.37. The molecule has 0 fully saturated rings. The largest absolute Gasteiger partial charge is 0.301 e. The van der Waals surface area contributed by atoms with Gasteiger partial charge in [-0.1, -0.05) is 18.3 Å². The third-order valence-electron chi connectivity index (χ3n) is 3.61. The average Bonchev–Trinajstić information content (AvgIpc) is 3.15. The Hall–Kier alpha value is -2.42. The number of carbonyl (C=O) groups excluding carboxylic acids is 1. The van der Waals surface area contributed by atoms with E-state index in [9.17, 15) is 4.79 Å². The van der Waals surface area contributed by atoms with Crippen LogP contribution in [0, 0.1) is 13.8 Å². The molecule has 3 rings (SSSR count). The first-order valence-electron chi connectivity index (χ1n) is 7.36. The van der Waals surface area contributed by atoms with Crippen LogP contribution in [0.4, 0.5) is 5.13 Å². The molecule has 1 N–H and O–H groups in total. The van der Waals surface area contributed by atoms with Crippen molar-refractivity contribution in [3.63, 3.8) is 0 Å². The van der Waals surface area contributed by atoms with E-state index in [1.54, 1.807) is 4.52 Å². The fourth-order valence-corrected chi connectivity index (χ4v) is 3.08. The van der Waals surface area contributed by atoms with Gasteiger partial charge >= 0.3 is 0 Å². The van der Waals surface area contributed by atoms with Crippen LogP contribution >= 0.6 is 11.3 Å². The molecule has 3 heterocycles. The van der Waals surface area contributed by atoms with Gasteiger partial charge in [-0.2, -0.15) is 10.1 Å². The van der Waals surface area contributed by atoms with Crippen molar-refractivity contribution in [3.05, 3.63) is 28.3 Å². The monoisotopic (exact) mass is 331 g/mol. The Morgan fingerprint density at radius 2 is 2.17 bits per heavy atom. The number of hydrogen-bond donors (Lipinski definition) is 1. The molecule has 9 heteroatoms. The van der Waals surface area contributed by atoms with E-state index < -0.39 is 0 Å². The van der Waals surface area contributed by atoms with Crippen molar-refractivity contribution < 1.29 is 4.79 Å². The highest BCUT2D eigenvalue weighted by Gasteiger charge is 2.13. The Balaban J connectivity index is 1.69. The number of aromatic nitrogens is 6. The summed E-state index contributed by atoms with van der Waals surface area (Å²) in [5.74, 6) is 0.496. The smallest absolute Gasteiger partial charge is 0.252 e. The zero-order valence-electron chi connectivity index (χ0n) is 13.2. The number of fused-ring (bicyclic) bond motifs is 1. The van der Waals surface area contributed by atoms with E-state index in [2.05, 4.69) is 30.6 Å². The predicted molar refractivity (Wildman–Crippen MR) is 86.5 cm³/mol. The fourth-order valence-electron chi connectivity index (χ4n) is 2.38. The molecule has 0 bridgehead atoms. The van der Waals surface area contributed by atoms with Gasteiger partial charge in [0.25, 0.3) is 5.78 Å². The highest BCUT2D eigenvalue weighted by molar-refractivity contribution is 7.15. The third kappa shape index (κ3) is 3.19. The Morgan fingerprint density at radius 3 is 2.91 bits per heavy atom. The van der Waals surface area contributed by atoms with Gasteiger partial charge in [0, 0.05) is 17.8 Å². The zero-order chi connectivity index (χ0) is 16.4. The summed E-state index contributed by atoms with van der Waals surface area (Å²) in [4.78, 5) is 20.6. The minimum Gasteiger partial charge on any atom is -0.301 e. The van der Waals surface area contributed by atoms with Crippen molar-refractivity contribution in [2.24, 2.45) is 0 Å². The topological polar surface area (TPSA) is 98.0 Å². The number of nitrogens with zero attached hydrogens (tertiary/aromatic N) is 6. The molecule has 0 atom stereocenters. The fraction of sp³-hybridized carbons (Fsp3) is 0.429. The van der Waals surface area contributed by atoms with Gasteiger partial charge in [0.2, 0.25) is 11.0 Å². The van der Waals surface area contributed by atoms with Gasteiger partial charge in [0.1, 0.15) is 11.3 Å². The molecule has 3 aromatic rings. The normalized spacial score (nSPS) is 11.1. The lowest BCUT2D eigenvalue weighted by Crippen LogP contribution is -2.14. The van der Waals surface area contributed by atoms with Crippen LogP contribution in [-0.4, -0.2) is 35.7 Å². The minimum atomic E-state index is -0.0821. The van der Waals surface area contributed by atoms with E-state index in [0.717, 1.165) is 28.4 Å². The summed E-state index contributed by atoms with van der Waals surface area (Å²) < 4.78 is 1.69. The number of anilines is 1. The number of rotatable bonds is 5. The number of hydrogen-bond acceptors (Lipinski definition) is 7. The maximum atomic E-state index is 12.1. The van der Waals surface area contributed by atoms with Crippen molar-refractivity contribution in [1.29, 1.82) is 0 Å². The molecule has 0 aliphatic rings. The van der Waals surface area contributed by atoms with Crippen molar-refractivity contribution >= 4 is 28.2 Å². The number of amides is 1. The summed E-state index contributed by atoms with van der Waals surface area (Å²) in [7, 11) is 0. The molecule has 0 saturated carbocycles.